The Morgan fingerprint density at radius 2 is 2.06 bits per heavy atom. The Bertz CT molecular complexity index is 1180. The third-order valence-electron chi connectivity index (χ3n) is 7.57. The van der Waals surface area contributed by atoms with E-state index in [2.05, 4.69) is 32.3 Å². The second-order valence-electron chi connectivity index (χ2n) is 9.82. The molecule has 0 bridgehead atoms. The van der Waals surface area contributed by atoms with Gasteiger partial charge < -0.3 is 14.5 Å². The van der Waals surface area contributed by atoms with Gasteiger partial charge in [0.2, 0.25) is 0 Å². The summed E-state index contributed by atoms with van der Waals surface area (Å²) >= 11 is 0. The van der Waals surface area contributed by atoms with Gasteiger partial charge in [0, 0.05) is 35.7 Å². The van der Waals surface area contributed by atoms with Crippen LogP contribution in [0.1, 0.15) is 75.7 Å². The number of methoxy groups -OCH3 is 1. The zero-order valence-corrected chi connectivity index (χ0v) is 20.8. The first-order valence-corrected chi connectivity index (χ1v) is 13.0. The number of benzene rings is 1. The Morgan fingerprint density at radius 1 is 1.20 bits per heavy atom. The summed E-state index contributed by atoms with van der Waals surface area (Å²) in [4.78, 5) is 18.7. The maximum Gasteiger partial charge on any atom is 0.252 e. The van der Waals surface area contributed by atoms with Gasteiger partial charge in [0.05, 0.1) is 25.8 Å². The van der Waals surface area contributed by atoms with Crippen molar-refractivity contribution in [1.82, 2.24) is 30.1 Å². The number of pyridine rings is 1. The summed E-state index contributed by atoms with van der Waals surface area (Å²) in [5.74, 6) is 1.65. The molecule has 2 fully saturated rings. The van der Waals surface area contributed by atoms with Crippen LogP contribution in [0.25, 0.3) is 10.9 Å². The van der Waals surface area contributed by atoms with E-state index in [0.717, 1.165) is 66.8 Å². The number of fused-ring (bicyclic) bond motifs is 1. The van der Waals surface area contributed by atoms with Crippen molar-refractivity contribution in [3.05, 3.63) is 46.0 Å². The number of nitrogens with zero attached hydrogens (tertiary/aromatic N) is 5. The van der Waals surface area contributed by atoms with Gasteiger partial charge in [-0.1, -0.05) is 26.2 Å². The number of hydrogen-bond donors (Lipinski definition) is 1. The molecule has 3 aromatic rings. The largest absolute Gasteiger partial charge is 0.497 e. The van der Waals surface area contributed by atoms with Crippen LogP contribution in [0.4, 0.5) is 0 Å². The van der Waals surface area contributed by atoms with Gasteiger partial charge in [-0.3, -0.25) is 9.69 Å². The molecule has 188 valence electrons. The third-order valence-corrected chi connectivity index (χ3v) is 7.57. The van der Waals surface area contributed by atoms with Crippen molar-refractivity contribution in [2.45, 2.75) is 89.6 Å². The zero-order chi connectivity index (χ0) is 24.2. The summed E-state index contributed by atoms with van der Waals surface area (Å²) in [5, 5.41) is 13.8. The Kier molecular flexibility index (Phi) is 7.43. The summed E-state index contributed by atoms with van der Waals surface area (Å²) in [5.41, 5.74) is 1.53. The lowest BCUT2D eigenvalue weighted by Crippen LogP contribution is -2.41. The van der Waals surface area contributed by atoms with E-state index in [1.807, 2.05) is 28.9 Å². The number of aromatic amines is 1. The molecule has 3 heterocycles. The van der Waals surface area contributed by atoms with E-state index in [0.29, 0.717) is 19.1 Å². The number of aromatic nitrogens is 5. The van der Waals surface area contributed by atoms with Crippen LogP contribution in [-0.2, 0) is 17.8 Å². The van der Waals surface area contributed by atoms with Crippen LogP contribution in [0.15, 0.2) is 29.1 Å². The standard InChI is InChI=1S/C26H36N6O3/c1-3-24(25-28-29-30-32(25)17-22-10-7-13-35-22)31(20-8-5-4-6-9-20)16-19-14-18-15-21(34-2)11-12-23(18)27-26(19)33/h11-12,14-15,20,22,24H,3-10,13,16-17H2,1-2H3,(H,27,33)/t22-,24-/m0/s1. The number of rotatable bonds is 9. The molecule has 1 saturated heterocycles. The van der Waals surface area contributed by atoms with Crippen molar-refractivity contribution in [3.63, 3.8) is 0 Å². The first kappa shape index (κ1) is 23.9. The molecule has 0 radical (unpaired) electrons. The Hall–Kier alpha value is -2.78. The second kappa shape index (κ2) is 10.9. The van der Waals surface area contributed by atoms with Crippen molar-refractivity contribution < 1.29 is 9.47 Å². The van der Waals surface area contributed by atoms with E-state index < -0.39 is 0 Å². The molecule has 0 spiro atoms. The lowest BCUT2D eigenvalue weighted by Gasteiger charge is -2.39. The molecular formula is C26H36N6O3. The molecule has 35 heavy (non-hydrogen) atoms. The van der Waals surface area contributed by atoms with E-state index in [1.54, 1.807) is 7.11 Å². The number of H-pyrrole nitrogens is 1. The van der Waals surface area contributed by atoms with Crippen LogP contribution < -0.4 is 10.3 Å². The molecule has 1 aromatic carbocycles. The molecule has 1 aliphatic carbocycles. The van der Waals surface area contributed by atoms with Crippen LogP contribution in [0.3, 0.4) is 0 Å². The number of nitrogens with one attached hydrogen (secondary N) is 1. The minimum atomic E-state index is -0.0442. The van der Waals surface area contributed by atoms with Gasteiger partial charge in [0.15, 0.2) is 5.82 Å². The fourth-order valence-electron chi connectivity index (χ4n) is 5.70. The van der Waals surface area contributed by atoms with Crippen molar-refractivity contribution in [2.75, 3.05) is 13.7 Å². The minimum absolute atomic E-state index is 0.0231. The van der Waals surface area contributed by atoms with Crippen LogP contribution in [0.5, 0.6) is 5.75 Å². The summed E-state index contributed by atoms with van der Waals surface area (Å²) < 4.78 is 13.2. The van der Waals surface area contributed by atoms with Crippen molar-refractivity contribution in [3.8, 4) is 5.75 Å². The zero-order valence-electron chi connectivity index (χ0n) is 20.8. The van der Waals surface area contributed by atoms with Crippen LogP contribution in [-0.4, -0.2) is 56.0 Å². The second-order valence-corrected chi connectivity index (χ2v) is 9.82. The summed E-state index contributed by atoms with van der Waals surface area (Å²) in [6.45, 7) is 4.22. The lowest BCUT2D eigenvalue weighted by atomic mass is 9.92. The average molecular weight is 481 g/mol. The summed E-state index contributed by atoms with van der Waals surface area (Å²) in [6, 6.07) is 8.16. The first-order chi connectivity index (χ1) is 17.2. The maximum absolute atomic E-state index is 13.1. The Balaban J connectivity index is 1.48. The number of hydrogen-bond acceptors (Lipinski definition) is 7. The Labute approximate surface area is 205 Å². The molecule has 2 aromatic heterocycles. The maximum atomic E-state index is 13.1. The molecule has 1 aliphatic heterocycles. The topological polar surface area (TPSA) is 98.2 Å². The molecule has 2 aliphatic rings. The van der Waals surface area contributed by atoms with Crippen LogP contribution in [0, 0.1) is 0 Å². The Morgan fingerprint density at radius 3 is 2.80 bits per heavy atom. The molecule has 0 unspecified atom stereocenters. The van der Waals surface area contributed by atoms with Gasteiger partial charge in [0.1, 0.15) is 5.75 Å². The van der Waals surface area contributed by atoms with Gasteiger partial charge in [-0.15, -0.1) is 5.10 Å². The molecule has 9 nitrogen and oxygen atoms in total. The third kappa shape index (κ3) is 5.26. The van der Waals surface area contributed by atoms with Crippen LogP contribution >= 0.6 is 0 Å². The molecule has 2 atom stereocenters. The lowest BCUT2D eigenvalue weighted by molar-refractivity contribution is 0.0734. The SMILES string of the molecule is CC[C@@H](c1nnnn1C[C@@H]1CCCO1)N(Cc1cc2cc(OC)ccc2[nH]c1=O)C1CCCCC1. The van der Waals surface area contributed by atoms with E-state index in [4.69, 9.17) is 9.47 Å². The molecule has 0 amide bonds. The molecule has 5 rings (SSSR count). The van der Waals surface area contributed by atoms with E-state index in [1.165, 1.54) is 19.3 Å². The highest BCUT2D eigenvalue weighted by Gasteiger charge is 2.32. The van der Waals surface area contributed by atoms with Gasteiger partial charge in [-0.2, -0.15) is 0 Å². The quantitative estimate of drug-likeness (QED) is 0.494. The highest BCUT2D eigenvalue weighted by atomic mass is 16.5. The van der Waals surface area contributed by atoms with E-state index in [-0.39, 0.29) is 17.7 Å². The van der Waals surface area contributed by atoms with Crippen LogP contribution in [0.2, 0.25) is 0 Å². The van der Waals surface area contributed by atoms with Crippen molar-refractivity contribution >= 4 is 10.9 Å². The van der Waals surface area contributed by atoms with E-state index >= 15 is 0 Å². The smallest absolute Gasteiger partial charge is 0.252 e. The number of tetrazole rings is 1. The van der Waals surface area contributed by atoms with Crippen molar-refractivity contribution in [2.24, 2.45) is 0 Å². The fourth-order valence-corrected chi connectivity index (χ4v) is 5.70. The monoisotopic (exact) mass is 480 g/mol. The average Bonchev–Trinajstić information content (AvgIpc) is 3.57. The van der Waals surface area contributed by atoms with Gasteiger partial charge in [-0.25, -0.2) is 4.68 Å². The molecule has 1 saturated carbocycles. The predicted octanol–water partition coefficient (Wildman–Crippen LogP) is 3.99. The van der Waals surface area contributed by atoms with E-state index in [9.17, 15) is 4.79 Å². The fraction of sp³-hybridized carbons (Fsp3) is 0.615. The molecule has 1 N–H and O–H groups in total. The highest BCUT2D eigenvalue weighted by Crippen LogP contribution is 2.33. The molecule has 9 heteroatoms. The number of ether oxygens (including phenoxy) is 2. The minimum Gasteiger partial charge on any atom is -0.497 e. The normalized spacial score (nSPS) is 20.0. The van der Waals surface area contributed by atoms with Gasteiger partial charge in [0.25, 0.3) is 5.56 Å². The van der Waals surface area contributed by atoms with Gasteiger partial charge in [-0.05, 0) is 66.8 Å². The first-order valence-electron chi connectivity index (χ1n) is 13.0. The highest BCUT2D eigenvalue weighted by molar-refractivity contribution is 5.80. The summed E-state index contributed by atoms with van der Waals surface area (Å²) in [7, 11) is 1.66. The van der Waals surface area contributed by atoms with Crippen molar-refractivity contribution in [1.29, 1.82) is 0 Å². The predicted molar refractivity (Wildman–Crippen MR) is 133 cm³/mol. The van der Waals surface area contributed by atoms with Gasteiger partial charge >= 0.3 is 0 Å². The summed E-state index contributed by atoms with van der Waals surface area (Å²) in [6.07, 6.45) is 9.10. The molecular weight excluding hydrogens is 444 g/mol.